The Balaban J connectivity index is 1.91. The van der Waals surface area contributed by atoms with Crippen molar-refractivity contribution in [2.75, 3.05) is 25.0 Å². The lowest BCUT2D eigenvalue weighted by molar-refractivity contribution is -0.120. The summed E-state index contributed by atoms with van der Waals surface area (Å²) in [6.45, 7) is 4.77. The van der Waals surface area contributed by atoms with E-state index in [1.807, 2.05) is 6.92 Å². The summed E-state index contributed by atoms with van der Waals surface area (Å²) in [4.78, 5) is 43.2. The van der Waals surface area contributed by atoms with Crippen LogP contribution in [0.2, 0.25) is 0 Å². The van der Waals surface area contributed by atoms with Crippen LogP contribution in [0.25, 0.3) is 22.4 Å². The minimum atomic E-state index is -0.412. The van der Waals surface area contributed by atoms with Crippen molar-refractivity contribution in [3.63, 3.8) is 0 Å². The van der Waals surface area contributed by atoms with Crippen molar-refractivity contribution in [2.24, 2.45) is 0 Å². The van der Waals surface area contributed by atoms with Gasteiger partial charge in [0.1, 0.15) is 11.6 Å². The van der Waals surface area contributed by atoms with Crippen LogP contribution in [0.15, 0.2) is 36.4 Å². The molecule has 0 radical (unpaired) electrons. The van der Waals surface area contributed by atoms with Gasteiger partial charge in [-0.25, -0.2) is 9.37 Å². The number of aryl methyl sites for hydroxylation is 1. The van der Waals surface area contributed by atoms with E-state index < -0.39 is 5.82 Å². The molecule has 1 saturated heterocycles. The topological polar surface area (TPSA) is 96.3 Å². The number of amides is 3. The average Bonchev–Trinajstić information content (AvgIpc) is 2.98. The first kappa shape index (κ1) is 21.5. The molecule has 0 atom stereocenters. The molecule has 1 fully saturated rings. The minimum Gasteiger partial charge on any atom is -0.354 e. The molecule has 0 unspecified atom stereocenters. The van der Waals surface area contributed by atoms with Crippen LogP contribution in [0.4, 0.5) is 10.1 Å². The predicted octanol–water partition coefficient (Wildman–Crippen LogP) is 2.78. The fourth-order valence-electron chi connectivity index (χ4n) is 4.00. The Labute approximate surface area is 184 Å². The van der Waals surface area contributed by atoms with Crippen LogP contribution in [-0.2, 0) is 16.1 Å². The average molecular weight is 437 g/mol. The van der Waals surface area contributed by atoms with Gasteiger partial charge in [0, 0.05) is 45.2 Å². The number of halogens is 1. The van der Waals surface area contributed by atoms with Gasteiger partial charge in [0.25, 0.3) is 5.91 Å². The summed E-state index contributed by atoms with van der Waals surface area (Å²) in [6.07, 6.45) is 0.216. The standard InChI is InChI=1S/C23H24FN5O3/c1-3-29-21-17(23(32)28-10-8-20(31)25-9-11-28)12-15(26-14(2)30)13-19(21)27-22(29)16-6-4-5-7-18(16)24/h4-7,12-13H,3,8-11H2,1-2H3,(H,25,31)(H,26,30). The number of nitrogens with zero attached hydrogens (tertiary/aromatic N) is 3. The lowest BCUT2D eigenvalue weighted by atomic mass is 10.1. The number of hydrogen-bond donors (Lipinski definition) is 2. The first-order valence-electron chi connectivity index (χ1n) is 10.5. The van der Waals surface area contributed by atoms with E-state index >= 15 is 0 Å². The second-order valence-electron chi connectivity index (χ2n) is 7.62. The summed E-state index contributed by atoms with van der Waals surface area (Å²) in [5, 5.41) is 5.47. The molecule has 166 valence electrons. The highest BCUT2D eigenvalue weighted by molar-refractivity contribution is 6.08. The van der Waals surface area contributed by atoms with Crippen LogP contribution in [0, 0.1) is 5.82 Å². The number of rotatable bonds is 4. The van der Waals surface area contributed by atoms with Crippen LogP contribution in [0.1, 0.15) is 30.6 Å². The third-order valence-corrected chi connectivity index (χ3v) is 5.42. The highest BCUT2D eigenvalue weighted by Crippen LogP contribution is 2.32. The molecule has 0 bridgehead atoms. The molecule has 8 nitrogen and oxygen atoms in total. The van der Waals surface area contributed by atoms with Crippen LogP contribution in [-0.4, -0.2) is 51.8 Å². The predicted molar refractivity (Wildman–Crippen MR) is 119 cm³/mol. The van der Waals surface area contributed by atoms with E-state index in [1.165, 1.54) is 13.0 Å². The maximum Gasteiger partial charge on any atom is 0.256 e. The van der Waals surface area contributed by atoms with E-state index in [2.05, 4.69) is 15.6 Å². The highest BCUT2D eigenvalue weighted by Gasteiger charge is 2.26. The molecule has 2 N–H and O–H groups in total. The van der Waals surface area contributed by atoms with Crippen molar-refractivity contribution in [3.8, 4) is 11.4 Å². The van der Waals surface area contributed by atoms with E-state index in [4.69, 9.17) is 0 Å². The first-order chi connectivity index (χ1) is 15.4. The van der Waals surface area contributed by atoms with Crippen molar-refractivity contribution in [1.82, 2.24) is 19.8 Å². The van der Waals surface area contributed by atoms with E-state index in [0.717, 1.165) is 0 Å². The summed E-state index contributed by atoms with van der Waals surface area (Å²) >= 11 is 0. The number of carbonyl (C=O) groups is 3. The molecule has 0 spiro atoms. The van der Waals surface area contributed by atoms with Gasteiger partial charge in [-0.15, -0.1) is 0 Å². The summed E-state index contributed by atoms with van der Waals surface area (Å²) in [7, 11) is 0. The Kier molecular flexibility index (Phi) is 5.89. The first-order valence-corrected chi connectivity index (χ1v) is 10.5. The largest absolute Gasteiger partial charge is 0.354 e. The molecule has 2 aromatic carbocycles. The Hall–Kier alpha value is -3.75. The molecule has 3 aromatic rings. The quantitative estimate of drug-likeness (QED) is 0.656. The second-order valence-corrected chi connectivity index (χ2v) is 7.62. The Morgan fingerprint density at radius 2 is 2.00 bits per heavy atom. The van der Waals surface area contributed by atoms with Gasteiger partial charge in [0.05, 0.1) is 22.2 Å². The van der Waals surface area contributed by atoms with Gasteiger partial charge in [-0.3, -0.25) is 14.4 Å². The Bertz CT molecular complexity index is 1220. The number of hydrogen-bond acceptors (Lipinski definition) is 4. The van der Waals surface area contributed by atoms with Crippen LogP contribution in [0.3, 0.4) is 0 Å². The van der Waals surface area contributed by atoms with E-state index in [-0.39, 0.29) is 30.7 Å². The van der Waals surface area contributed by atoms with E-state index in [0.29, 0.717) is 53.3 Å². The third-order valence-electron chi connectivity index (χ3n) is 5.42. The van der Waals surface area contributed by atoms with Crippen LogP contribution in [0.5, 0.6) is 0 Å². The highest BCUT2D eigenvalue weighted by atomic mass is 19.1. The molecule has 1 aliphatic heterocycles. The normalized spacial score (nSPS) is 14.2. The summed E-state index contributed by atoms with van der Waals surface area (Å²) < 4.78 is 16.4. The number of carbonyl (C=O) groups excluding carboxylic acids is 3. The number of nitrogens with one attached hydrogen (secondary N) is 2. The van der Waals surface area contributed by atoms with Crippen molar-refractivity contribution >= 4 is 34.4 Å². The van der Waals surface area contributed by atoms with Crippen LogP contribution >= 0.6 is 0 Å². The summed E-state index contributed by atoms with van der Waals surface area (Å²) in [6, 6.07) is 9.64. The molecule has 1 aliphatic rings. The number of fused-ring (bicyclic) bond motifs is 1. The molecule has 0 saturated carbocycles. The number of anilines is 1. The third kappa shape index (κ3) is 4.05. The van der Waals surface area contributed by atoms with Crippen molar-refractivity contribution in [1.29, 1.82) is 0 Å². The Morgan fingerprint density at radius 1 is 1.22 bits per heavy atom. The zero-order chi connectivity index (χ0) is 22.8. The van der Waals surface area contributed by atoms with Gasteiger partial charge in [0.15, 0.2) is 0 Å². The van der Waals surface area contributed by atoms with E-state index in [1.54, 1.807) is 39.8 Å². The van der Waals surface area contributed by atoms with Crippen molar-refractivity contribution in [3.05, 3.63) is 47.8 Å². The van der Waals surface area contributed by atoms with E-state index in [9.17, 15) is 18.8 Å². The maximum absolute atomic E-state index is 14.6. The maximum atomic E-state index is 14.6. The molecule has 2 heterocycles. The van der Waals surface area contributed by atoms with Gasteiger partial charge in [-0.2, -0.15) is 0 Å². The number of imidazole rings is 1. The Morgan fingerprint density at radius 3 is 2.72 bits per heavy atom. The monoisotopic (exact) mass is 437 g/mol. The molecule has 32 heavy (non-hydrogen) atoms. The molecule has 1 aromatic heterocycles. The smallest absolute Gasteiger partial charge is 0.256 e. The summed E-state index contributed by atoms with van der Waals surface area (Å²) in [5.41, 5.74) is 2.14. The van der Waals surface area contributed by atoms with Gasteiger partial charge in [-0.1, -0.05) is 12.1 Å². The summed E-state index contributed by atoms with van der Waals surface area (Å²) in [5.74, 6) is -0.658. The SMILES string of the molecule is CCn1c(-c2ccccc2F)nc2cc(NC(C)=O)cc(C(=O)N3CCNC(=O)CC3)c21. The number of benzene rings is 2. The number of aromatic nitrogens is 2. The minimum absolute atomic E-state index is 0.0992. The van der Waals surface area contributed by atoms with Gasteiger partial charge in [0.2, 0.25) is 11.8 Å². The lowest BCUT2D eigenvalue weighted by Crippen LogP contribution is -2.34. The zero-order valence-electron chi connectivity index (χ0n) is 17.9. The molecule has 4 rings (SSSR count). The molecule has 9 heteroatoms. The lowest BCUT2D eigenvalue weighted by Gasteiger charge is -2.21. The molecular formula is C23H24FN5O3. The van der Waals surface area contributed by atoms with Crippen LogP contribution < -0.4 is 10.6 Å². The fraction of sp³-hybridized carbons (Fsp3) is 0.304. The zero-order valence-corrected chi connectivity index (χ0v) is 17.9. The molecule has 3 amide bonds. The van der Waals surface area contributed by atoms with Gasteiger partial charge < -0.3 is 20.1 Å². The fourth-order valence-corrected chi connectivity index (χ4v) is 4.00. The molecular weight excluding hydrogens is 413 g/mol. The molecule has 0 aliphatic carbocycles. The van der Waals surface area contributed by atoms with Gasteiger partial charge in [-0.05, 0) is 31.2 Å². The van der Waals surface area contributed by atoms with Crippen molar-refractivity contribution < 1.29 is 18.8 Å². The second kappa shape index (κ2) is 8.78. The van der Waals surface area contributed by atoms with Gasteiger partial charge >= 0.3 is 0 Å². The van der Waals surface area contributed by atoms with Crippen molar-refractivity contribution in [2.45, 2.75) is 26.8 Å².